The zero-order valence-electron chi connectivity index (χ0n) is 11.0. The summed E-state index contributed by atoms with van der Waals surface area (Å²) in [5.74, 6) is 0. The molecule has 1 aromatic rings. The van der Waals surface area contributed by atoms with Crippen LogP contribution in [0.25, 0.3) is 0 Å². The van der Waals surface area contributed by atoms with Crippen molar-refractivity contribution in [2.45, 2.75) is 51.0 Å². The fourth-order valence-corrected chi connectivity index (χ4v) is 3.35. The predicted molar refractivity (Wildman–Crippen MR) is 74.5 cm³/mol. The van der Waals surface area contributed by atoms with Gasteiger partial charge in [-0.1, -0.05) is 17.2 Å². The van der Waals surface area contributed by atoms with Crippen molar-refractivity contribution < 1.29 is 0 Å². The Hall–Kier alpha value is -1.15. The van der Waals surface area contributed by atoms with Crippen LogP contribution in [0.2, 0.25) is 0 Å². The Balaban J connectivity index is 1.65. The summed E-state index contributed by atoms with van der Waals surface area (Å²) in [6.45, 7) is 1.18. The fourth-order valence-electron chi connectivity index (χ4n) is 3.35. The molecule has 2 heterocycles. The highest BCUT2D eigenvalue weighted by Gasteiger charge is 2.23. The van der Waals surface area contributed by atoms with Crippen LogP contribution in [0.3, 0.4) is 0 Å². The van der Waals surface area contributed by atoms with Crippen molar-refractivity contribution in [2.75, 3.05) is 6.54 Å². The van der Waals surface area contributed by atoms with Gasteiger partial charge >= 0.3 is 0 Å². The summed E-state index contributed by atoms with van der Waals surface area (Å²) in [4.78, 5) is 4.20. The van der Waals surface area contributed by atoms with Crippen molar-refractivity contribution in [2.24, 2.45) is 0 Å². The maximum Gasteiger partial charge on any atom is 0.0299 e. The van der Waals surface area contributed by atoms with E-state index < -0.39 is 0 Å². The largest absolute Gasteiger partial charge is 0.310 e. The fraction of sp³-hybridized carbons (Fsp3) is 0.562. The zero-order valence-corrected chi connectivity index (χ0v) is 11.0. The Bertz CT molecular complexity index is 418. The average Bonchev–Trinajstić information content (AvgIpc) is 2.46. The van der Waals surface area contributed by atoms with E-state index in [2.05, 4.69) is 16.4 Å². The third kappa shape index (κ3) is 2.64. The molecule has 0 radical (unpaired) electrons. The number of hydrogen-bond donors (Lipinski definition) is 1. The first kappa shape index (κ1) is 11.9. The topological polar surface area (TPSA) is 24.9 Å². The molecular formula is C16H22N2. The van der Waals surface area contributed by atoms with Gasteiger partial charge in [0.2, 0.25) is 0 Å². The van der Waals surface area contributed by atoms with E-state index >= 15 is 0 Å². The molecule has 0 saturated carbocycles. The van der Waals surface area contributed by atoms with E-state index in [9.17, 15) is 0 Å². The van der Waals surface area contributed by atoms with Crippen LogP contribution in [0.5, 0.6) is 0 Å². The molecule has 1 N–H and O–H groups in total. The first-order valence-electron chi connectivity index (χ1n) is 7.26. The molecule has 3 rings (SSSR count). The second kappa shape index (κ2) is 5.66. The van der Waals surface area contributed by atoms with Crippen LogP contribution >= 0.6 is 0 Å². The van der Waals surface area contributed by atoms with E-state index in [1.165, 1.54) is 50.6 Å². The molecule has 2 nitrogen and oxygen atoms in total. The minimum atomic E-state index is 0.634. The summed E-state index contributed by atoms with van der Waals surface area (Å²) < 4.78 is 0. The standard InChI is InChI=1S/C16H22N2/c1-2-6-15-14(5-1)9-11-18-16(15)8-7-13-4-3-10-17-12-13/h3-4,10,12,16,18H,1-2,5-9,11H2. The number of pyridine rings is 1. The molecule has 2 heteroatoms. The Morgan fingerprint density at radius 3 is 3.06 bits per heavy atom. The summed E-state index contributed by atoms with van der Waals surface area (Å²) >= 11 is 0. The van der Waals surface area contributed by atoms with E-state index in [1.807, 2.05) is 18.5 Å². The van der Waals surface area contributed by atoms with Crippen LogP contribution in [0.1, 0.15) is 44.1 Å². The molecule has 0 aromatic carbocycles. The average molecular weight is 242 g/mol. The van der Waals surface area contributed by atoms with Crippen LogP contribution in [0.15, 0.2) is 35.7 Å². The molecule has 0 saturated heterocycles. The van der Waals surface area contributed by atoms with Gasteiger partial charge in [0.15, 0.2) is 0 Å². The van der Waals surface area contributed by atoms with E-state index in [1.54, 1.807) is 11.1 Å². The van der Waals surface area contributed by atoms with Crippen LogP contribution in [0.4, 0.5) is 0 Å². The monoisotopic (exact) mass is 242 g/mol. The molecule has 0 amide bonds. The lowest BCUT2D eigenvalue weighted by atomic mass is 9.82. The van der Waals surface area contributed by atoms with Gasteiger partial charge in [-0.15, -0.1) is 0 Å². The SMILES string of the molecule is c1cncc(CCC2NCCC3=C2CCCC3)c1. The lowest BCUT2D eigenvalue weighted by molar-refractivity contribution is 0.457. The molecule has 1 atom stereocenters. The van der Waals surface area contributed by atoms with Crippen molar-refractivity contribution in [1.82, 2.24) is 10.3 Å². The third-order valence-electron chi connectivity index (χ3n) is 4.31. The lowest BCUT2D eigenvalue weighted by Crippen LogP contribution is -2.37. The van der Waals surface area contributed by atoms with Crippen molar-refractivity contribution in [1.29, 1.82) is 0 Å². The van der Waals surface area contributed by atoms with Crippen molar-refractivity contribution in [3.8, 4) is 0 Å². The number of nitrogens with zero attached hydrogens (tertiary/aromatic N) is 1. The quantitative estimate of drug-likeness (QED) is 0.823. The smallest absolute Gasteiger partial charge is 0.0299 e. The van der Waals surface area contributed by atoms with E-state index in [-0.39, 0.29) is 0 Å². The van der Waals surface area contributed by atoms with Gasteiger partial charge in [-0.25, -0.2) is 0 Å². The van der Waals surface area contributed by atoms with Gasteiger partial charge < -0.3 is 5.32 Å². The van der Waals surface area contributed by atoms with E-state index in [0.29, 0.717) is 6.04 Å². The Morgan fingerprint density at radius 2 is 2.17 bits per heavy atom. The first-order valence-corrected chi connectivity index (χ1v) is 7.26. The molecule has 0 bridgehead atoms. The highest BCUT2D eigenvalue weighted by Crippen LogP contribution is 2.32. The van der Waals surface area contributed by atoms with Gasteiger partial charge in [-0.2, -0.15) is 0 Å². The molecule has 18 heavy (non-hydrogen) atoms. The number of hydrogen-bond acceptors (Lipinski definition) is 2. The summed E-state index contributed by atoms with van der Waals surface area (Å²) in [5.41, 5.74) is 4.88. The van der Waals surface area contributed by atoms with E-state index in [4.69, 9.17) is 0 Å². The van der Waals surface area contributed by atoms with Gasteiger partial charge in [0.25, 0.3) is 0 Å². The molecule has 2 aliphatic rings. The highest BCUT2D eigenvalue weighted by molar-refractivity contribution is 5.26. The molecule has 1 aliphatic carbocycles. The molecule has 1 aliphatic heterocycles. The van der Waals surface area contributed by atoms with Gasteiger partial charge in [-0.05, 0) is 63.1 Å². The third-order valence-corrected chi connectivity index (χ3v) is 4.31. The van der Waals surface area contributed by atoms with Crippen molar-refractivity contribution in [3.05, 3.63) is 41.2 Å². The summed E-state index contributed by atoms with van der Waals surface area (Å²) in [5, 5.41) is 3.71. The Morgan fingerprint density at radius 1 is 1.22 bits per heavy atom. The number of aryl methyl sites for hydroxylation is 1. The van der Waals surface area contributed by atoms with Crippen molar-refractivity contribution >= 4 is 0 Å². The normalized spacial score (nSPS) is 23.9. The highest BCUT2D eigenvalue weighted by atomic mass is 14.9. The van der Waals surface area contributed by atoms with Gasteiger partial charge in [0.1, 0.15) is 0 Å². The Kier molecular flexibility index (Phi) is 3.75. The molecule has 1 aromatic heterocycles. The minimum absolute atomic E-state index is 0.634. The van der Waals surface area contributed by atoms with Crippen LogP contribution in [-0.4, -0.2) is 17.6 Å². The number of rotatable bonds is 3. The maximum absolute atomic E-state index is 4.20. The first-order chi connectivity index (χ1) is 8.93. The molecule has 1 unspecified atom stereocenters. The van der Waals surface area contributed by atoms with Crippen LogP contribution in [0, 0.1) is 0 Å². The summed E-state index contributed by atoms with van der Waals surface area (Å²) in [6.07, 6.45) is 13.0. The van der Waals surface area contributed by atoms with Gasteiger partial charge in [0.05, 0.1) is 0 Å². The Labute approximate surface area is 110 Å². The second-order valence-electron chi connectivity index (χ2n) is 5.49. The van der Waals surface area contributed by atoms with E-state index in [0.717, 1.165) is 6.42 Å². The van der Waals surface area contributed by atoms with Gasteiger partial charge in [0, 0.05) is 18.4 Å². The second-order valence-corrected chi connectivity index (χ2v) is 5.49. The summed E-state index contributed by atoms with van der Waals surface area (Å²) in [6, 6.07) is 4.86. The van der Waals surface area contributed by atoms with Crippen LogP contribution < -0.4 is 5.32 Å². The molecule has 0 spiro atoms. The predicted octanol–water partition coefficient (Wildman–Crippen LogP) is 3.25. The minimum Gasteiger partial charge on any atom is -0.310 e. The maximum atomic E-state index is 4.20. The molecule has 0 fully saturated rings. The number of aromatic nitrogens is 1. The number of nitrogens with one attached hydrogen (secondary N) is 1. The summed E-state index contributed by atoms with van der Waals surface area (Å²) in [7, 11) is 0. The van der Waals surface area contributed by atoms with Crippen LogP contribution in [-0.2, 0) is 6.42 Å². The lowest BCUT2D eigenvalue weighted by Gasteiger charge is -2.33. The molecular weight excluding hydrogens is 220 g/mol. The molecule has 96 valence electrons. The zero-order chi connectivity index (χ0) is 12.2. The van der Waals surface area contributed by atoms with Crippen molar-refractivity contribution in [3.63, 3.8) is 0 Å². The van der Waals surface area contributed by atoms with Gasteiger partial charge in [-0.3, -0.25) is 4.98 Å².